The van der Waals surface area contributed by atoms with E-state index in [4.69, 9.17) is 9.26 Å². The quantitative estimate of drug-likeness (QED) is 0.582. The average molecular weight is 516 g/mol. The molecule has 1 amide bonds. The van der Waals surface area contributed by atoms with Gasteiger partial charge in [0.2, 0.25) is 15.9 Å². The highest BCUT2D eigenvalue weighted by atomic mass is 32.2. The van der Waals surface area contributed by atoms with Crippen LogP contribution in [0, 0.1) is 24.7 Å². The Morgan fingerprint density at radius 3 is 2.47 bits per heavy atom. The molecule has 1 aliphatic carbocycles. The van der Waals surface area contributed by atoms with Crippen LogP contribution in [0.4, 0.5) is 0 Å². The van der Waals surface area contributed by atoms with Gasteiger partial charge in [0.05, 0.1) is 7.11 Å². The van der Waals surface area contributed by atoms with Gasteiger partial charge in [0.25, 0.3) is 0 Å². The Bertz CT molecular complexity index is 1180. The minimum absolute atomic E-state index is 0.0577. The molecule has 1 aliphatic heterocycles. The number of methoxy groups -OCH3 is 1. The molecule has 1 N–H and O–H groups in total. The van der Waals surface area contributed by atoms with Gasteiger partial charge < -0.3 is 14.6 Å². The summed E-state index contributed by atoms with van der Waals surface area (Å²) in [6, 6.07) is 7.62. The lowest BCUT2D eigenvalue weighted by Crippen LogP contribution is -2.48. The molecule has 1 aromatic heterocycles. The van der Waals surface area contributed by atoms with Crippen molar-refractivity contribution in [3.05, 3.63) is 41.3 Å². The number of benzene rings is 1. The summed E-state index contributed by atoms with van der Waals surface area (Å²) in [6.45, 7) is 6.69. The van der Waals surface area contributed by atoms with Crippen LogP contribution < -0.4 is 10.1 Å². The minimum Gasteiger partial charge on any atom is -0.497 e. The summed E-state index contributed by atoms with van der Waals surface area (Å²) in [6.07, 6.45) is 7.78. The zero-order chi connectivity index (χ0) is 25.9. The molecule has 0 radical (unpaired) electrons. The summed E-state index contributed by atoms with van der Waals surface area (Å²) in [5.74, 6) is 1.90. The predicted molar refractivity (Wildman–Crippen MR) is 139 cm³/mol. The van der Waals surface area contributed by atoms with Crippen LogP contribution in [0.3, 0.4) is 0 Å². The zero-order valence-electron chi connectivity index (χ0n) is 21.6. The topological polar surface area (TPSA) is 102 Å². The minimum atomic E-state index is -3.81. The molecule has 36 heavy (non-hydrogen) atoms. The second-order valence-electron chi connectivity index (χ2n) is 10.1. The second kappa shape index (κ2) is 11.2. The maximum Gasteiger partial charge on any atom is 0.248 e. The summed E-state index contributed by atoms with van der Waals surface area (Å²) in [7, 11) is -2.21. The van der Waals surface area contributed by atoms with E-state index in [1.807, 2.05) is 24.3 Å². The fraction of sp³-hybridized carbons (Fsp3) is 0.556. The maximum absolute atomic E-state index is 13.5. The van der Waals surface area contributed by atoms with E-state index in [1.54, 1.807) is 26.2 Å². The number of ether oxygens (including phenoxy) is 1. The number of hydrogen-bond donors (Lipinski definition) is 1. The van der Waals surface area contributed by atoms with Crippen molar-refractivity contribution in [2.45, 2.75) is 63.8 Å². The van der Waals surface area contributed by atoms with Gasteiger partial charge in [-0.2, -0.15) is 4.31 Å². The molecular formula is C27H37N3O5S. The Balaban J connectivity index is 1.41. The first-order valence-electron chi connectivity index (χ1n) is 12.8. The van der Waals surface area contributed by atoms with Crippen LogP contribution in [0.25, 0.3) is 12.2 Å². The van der Waals surface area contributed by atoms with E-state index in [1.165, 1.54) is 10.7 Å². The van der Waals surface area contributed by atoms with Gasteiger partial charge in [0, 0.05) is 25.0 Å². The largest absolute Gasteiger partial charge is 0.497 e. The standard InChI is InChI=1S/C27H37N3O5S/c1-18-6-5-7-24(19(18)2)28-27(31)22-14-16-30(17-15-22)36(32,33)26-20(3)29-35-25(26)13-10-21-8-11-23(34-4)12-9-21/h8-13,18-19,22,24H,5-7,14-17H2,1-4H3,(H,28,31)/b13-10-/t18-,19+,24+/m0/s1. The lowest BCUT2D eigenvalue weighted by atomic mass is 9.78. The molecule has 9 heteroatoms. The van der Waals surface area contributed by atoms with Crippen LogP contribution in [0.1, 0.15) is 63.0 Å². The third kappa shape index (κ3) is 5.67. The van der Waals surface area contributed by atoms with Crippen molar-refractivity contribution in [2.24, 2.45) is 17.8 Å². The van der Waals surface area contributed by atoms with E-state index < -0.39 is 10.0 Å². The fourth-order valence-corrected chi connectivity index (χ4v) is 6.98. The van der Waals surface area contributed by atoms with Crippen molar-refractivity contribution in [3.63, 3.8) is 0 Å². The molecule has 1 saturated heterocycles. The molecule has 0 bridgehead atoms. The summed E-state index contributed by atoms with van der Waals surface area (Å²) in [5, 5.41) is 7.18. The monoisotopic (exact) mass is 515 g/mol. The lowest BCUT2D eigenvalue weighted by Gasteiger charge is -2.36. The van der Waals surface area contributed by atoms with Crippen molar-refractivity contribution in [2.75, 3.05) is 20.2 Å². The number of nitrogens with one attached hydrogen (secondary N) is 1. The molecule has 2 aromatic rings. The molecule has 196 valence electrons. The molecule has 3 atom stereocenters. The number of nitrogens with zero attached hydrogens (tertiary/aromatic N) is 2. The second-order valence-corrected chi connectivity index (χ2v) is 12.0. The number of carbonyl (C=O) groups is 1. The van der Waals surface area contributed by atoms with Crippen LogP contribution in [-0.2, 0) is 14.8 Å². The van der Waals surface area contributed by atoms with E-state index in [2.05, 4.69) is 24.3 Å². The van der Waals surface area contributed by atoms with Gasteiger partial charge >= 0.3 is 0 Å². The van der Waals surface area contributed by atoms with Gasteiger partial charge in [-0.05, 0) is 61.8 Å². The van der Waals surface area contributed by atoms with Crippen molar-refractivity contribution < 1.29 is 22.5 Å². The van der Waals surface area contributed by atoms with Gasteiger partial charge in [-0.1, -0.05) is 50.1 Å². The van der Waals surface area contributed by atoms with Crippen LogP contribution >= 0.6 is 0 Å². The Hall–Kier alpha value is -2.65. The maximum atomic E-state index is 13.5. The molecule has 1 saturated carbocycles. The van der Waals surface area contributed by atoms with Crippen LogP contribution in [0.5, 0.6) is 5.75 Å². The fourth-order valence-electron chi connectivity index (χ4n) is 5.26. The molecule has 2 aliphatic rings. The number of amides is 1. The van der Waals surface area contributed by atoms with E-state index in [0.29, 0.717) is 43.5 Å². The van der Waals surface area contributed by atoms with Gasteiger partial charge in [-0.15, -0.1) is 0 Å². The summed E-state index contributed by atoms with van der Waals surface area (Å²) in [4.78, 5) is 13.0. The number of hydrogen-bond acceptors (Lipinski definition) is 6. The summed E-state index contributed by atoms with van der Waals surface area (Å²) in [5.41, 5.74) is 1.20. The molecule has 1 aromatic carbocycles. The third-order valence-corrected chi connectivity index (χ3v) is 9.89. The Morgan fingerprint density at radius 2 is 1.81 bits per heavy atom. The highest BCUT2D eigenvalue weighted by Crippen LogP contribution is 2.32. The van der Waals surface area contributed by atoms with Crippen molar-refractivity contribution in [1.82, 2.24) is 14.8 Å². The Labute approximate surface area is 214 Å². The molecular weight excluding hydrogens is 478 g/mol. The zero-order valence-corrected chi connectivity index (χ0v) is 22.4. The smallest absolute Gasteiger partial charge is 0.248 e. The highest BCUT2D eigenvalue weighted by molar-refractivity contribution is 7.89. The van der Waals surface area contributed by atoms with E-state index in [9.17, 15) is 13.2 Å². The van der Waals surface area contributed by atoms with E-state index >= 15 is 0 Å². The van der Waals surface area contributed by atoms with Crippen LogP contribution in [-0.4, -0.2) is 50.0 Å². The molecule has 8 nitrogen and oxygen atoms in total. The first-order valence-corrected chi connectivity index (χ1v) is 14.2. The van der Waals surface area contributed by atoms with Crippen molar-refractivity contribution in [3.8, 4) is 5.75 Å². The van der Waals surface area contributed by atoms with E-state index in [-0.39, 0.29) is 28.5 Å². The summed E-state index contributed by atoms with van der Waals surface area (Å²) >= 11 is 0. The SMILES string of the molecule is COc1ccc(/C=C\c2onc(C)c2S(=O)(=O)N2CCC(C(=O)N[C@@H]3CCC[C@H](C)[C@H]3C)CC2)cc1. The molecule has 0 unspecified atom stereocenters. The first kappa shape index (κ1) is 26.4. The molecule has 4 rings (SSSR count). The van der Waals surface area contributed by atoms with Gasteiger partial charge in [-0.3, -0.25) is 4.79 Å². The van der Waals surface area contributed by atoms with Crippen molar-refractivity contribution in [1.29, 1.82) is 0 Å². The van der Waals surface area contributed by atoms with Crippen molar-refractivity contribution >= 4 is 28.1 Å². The number of piperidine rings is 1. The number of aromatic nitrogens is 1. The first-order chi connectivity index (χ1) is 17.2. The molecule has 2 fully saturated rings. The van der Waals surface area contributed by atoms with Crippen LogP contribution in [0.2, 0.25) is 0 Å². The Morgan fingerprint density at radius 1 is 1.11 bits per heavy atom. The van der Waals surface area contributed by atoms with Gasteiger partial charge in [-0.25, -0.2) is 8.42 Å². The number of sulfonamides is 1. The summed E-state index contributed by atoms with van der Waals surface area (Å²) < 4.78 is 39.1. The van der Waals surface area contributed by atoms with E-state index in [0.717, 1.165) is 24.2 Å². The lowest BCUT2D eigenvalue weighted by molar-refractivity contribution is -0.127. The normalized spacial score (nSPS) is 24.2. The number of carbonyl (C=O) groups excluding carboxylic acids is 1. The predicted octanol–water partition coefficient (Wildman–Crippen LogP) is 4.50. The highest BCUT2D eigenvalue weighted by Gasteiger charge is 2.37. The third-order valence-electron chi connectivity index (χ3n) is 7.83. The number of rotatable bonds is 7. The molecule has 2 heterocycles. The van der Waals surface area contributed by atoms with Gasteiger partial charge in [0.15, 0.2) is 10.7 Å². The van der Waals surface area contributed by atoms with Crippen LogP contribution in [0.15, 0.2) is 33.7 Å². The molecule has 0 spiro atoms. The van der Waals surface area contributed by atoms with Gasteiger partial charge in [0.1, 0.15) is 11.4 Å². The number of aryl methyl sites for hydroxylation is 1. The average Bonchev–Trinajstić information content (AvgIpc) is 3.27. The Kier molecular flexibility index (Phi) is 8.20.